The van der Waals surface area contributed by atoms with Gasteiger partial charge in [0.1, 0.15) is 0 Å². The molecule has 0 saturated carbocycles. The number of aryl methyl sites for hydroxylation is 1. The highest BCUT2D eigenvalue weighted by Gasteiger charge is 2.25. The number of benzene rings is 1. The molecule has 0 spiro atoms. The summed E-state index contributed by atoms with van der Waals surface area (Å²) >= 11 is 3.50. The molecule has 1 saturated heterocycles. The number of carbonyl (C=O) groups excluding carboxylic acids is 1. The molecule has 1 aromatic carbocycles. The lowest BCUT2D eigenvalue weighted by atomic mass is 10.1. The van der Waals surface area contributed by atoms with E-state index >= 15 is 0 Å². The highest BCUT2D eigenvalue weighted by molar-refractivity contribution is 9.10. The van der Waals surface area contributed by atoms with Crippen LogP contribution in [0.4, 0.5) is 0 Å². The molecule has 1 fully saturated rings. The Labute approximate surface area is 144 Å². The van der Waals surface area contributed by atoms with Crippen molar-refractivity contribution in [1.29, 1.82) is 0 Å². The molecular weight excluding hydrogens is 356 g/mol. The predicted octanol–water partition coefficient (Wildman–Crippen LogP) is 3.45. The van der Waals surface area contributed by atoms with Crippen LogP contribution in [-0.4, -0.2) is 39.7 Å². The number of aliphatic hydroxyl groups is 1. The summed E-state index contributed by atoms with van der Waals surface area (Å²) in [6.45, 7) is 5.26. The lowest BCUT2D eigenvalue weighted by Gasteiger charge is -2.29. The largest absolute Gasteiger partial charge is 0.393 e. The minimum atomic E-state index is -0.270. The van der Waals surface area contributed by atoms with Gasteiger partial charge in [-0.05, 0) is 51.0 Å². The Morgan fingerprint density at radius 3 is 2.57 bits per heavy atom. The zero-order chi connectivity index (χ0) is 16.6. The van der Waals surface area contributed by atoms with Gasteiger partial charge in [-0.25, -0.2) is 0 Å². The molecule has 1 amide bonds. The monoisotopic (exact) mass is 376 g/mol. The molecule has 0 bridgehead atoms. The van der Waals surface area contributed by atoms with E-state index in [4.69, 9.17) is 0 Å². The Morgan fingerprint density at radius 1 is 1.22 bits per heavy atom. The zero-order valence-corrected chi connectivity index (χ0v) is 15.0. The van der Waals surface area contributed by atoms with Gasteiger partial charge in [-0.2, -0.15) is 0 Å². The predicted molar refractivity (Wildman–Crippen MR) is 94.1 cm³/mol. The number of carbonyl (C=O) groups is 1. The van der Waals surface area contributed by atoms with Gasteiger partial charge >= 0.3 is 0 Å². The van der Waals surface area contributed by atoms with Crippen molar-refractivity contribution >= 4 is 21.8 Å². The smallest absolute Gasteiger partial charge is 0.255 e. The van der Waals surface area contributed by atoms with E-state index in [2.05, 4.69) is 20.5 Å². The van der Waals surface area contributed by atoms with Gasteiger partial charge < -0.3 is 14.6 Å². The molecule has 23 heavy (non-hydrogen) atoms. The number of amides is 1. The number of likely N-dealkylation sites (tertiary alicyclic amines) is 1. The minimum absolute atomic E-state index is 0.0613. The second-order valence-electron chi connectivity index (χ2n) is 6.12. The second-order valence-corrected chi connectivity index (χ2v) is 7.04. The van der Waals surface area contributed by atoms with Gasteiger partial charge in [0.05, 0.1) is 11.7 Å². The van der Waals surface area contributed by atoms with Gasteiger partial charge in [0.15, 0.2) is 0 Å². The van der Waals surface area contributed by atoms with E-state index in [1.54, 1.807) is 0 Å². The fourth-order valence-electron chi connectivity index (χ4n) is 3.23. The van der Waals surface area contributed by atoms with Crippen LogP contribution < -0.4 is 0 Å². The molecule has 1 N–H and O–H groups in total. The summed E-state index contributed by atoms with van der Waals surface area (Å²) in [5.74, 6) is 0.0613. The average Bonchev–Trinajstić information content (AvgIpc) is 2.82. The summed E-state index contributed by atoms with van der Waals surface area (Å²) in [6, 6.07) is 10.0. The van der Waals surface area contributed by atoms with Crippen molar-refractivity contribution < 1.29 is 9.90 Å². The molecule has 0 unspecified atom stereocenters. The first-order valence-corrected chi connectivity index (χ1v) is 8.69. The fourth-order valence-corrected chi connectivity index (χ4v) is 3.62. The van der Waals surface area contributed by atoms with Crippen molar-refractivity contribution in [2.45, 2.75) is 32.8 Å². The molecule has 122 valence electrons. The maximum Gasteiger partial charge on any atom is 0.255 e. The number of hydrogen-bond donors (Lipinski definition) is 1. The van der Waals surface area contributed by atoms with Gasteiger partial charge in [-0.3, -0.25) is 4.79 Å². The molecular formula is C18H21BrN2O2. The van der Waals surface area contributed by atoms with E-state index in [0.717, 1.165) is 27.1 Å². The first-order valence-electron chi connectivity index (χ1n) is 7.89. The van der Waals surface area contributed by atoms with Crippen LogP contribution in [0.5, 0.6) is 0 Å². The standard InChI is InChI=1S/C18H21BrN2O2/c1-12-10-17(18(23)20-8-6-16(22)7-9-20)13(2)21(12)15-5-3-4-14(19)11-15/h3-5,10-11,16,22H,6-9H2,1-2H3. The topological polar surface area (TPSA) is 45.5 Å². The van der Waals surface area contributed by atoms with E-state index in [0.29, 0.717) is 25.9 Å². The molecule has 2 aromatic rings. The van der Waals surface area contributed by atoms with Crippen LogP contribution in [0.1, 0.15) is 34.6 Å². The molecule has 3 rings (SSSR count). The van der Waals surface area contributed by atoms with Gasteiger partial charge in [0.25, 0.3) is 5.91 Å². The zero-order valence-electron chi connectivity index (χ0n) is 13.4. The summed E-state index contributed by atoms with van der Waals surface area (Å²) in [7, 11) is 0. The third kappa shape index (κ3) is 3.21. The van der Waals surface area contributed by atoms with Gasteiger partial charge in [0, 0.05) is 34.6 Å². The second kappa shape index (κ2) is 6.49. The molecule has 1 aliphatic heterocycles. The van der Waals surface area contributed by atoms with Crippen LogP contribution in [0.2, 0.25) is 0 Å². The Balaban J connectivity index is 1.93. The van der Waals surface area contributed by atoms with E-state index in [1.165, 1.54) is 0 Å². The average molecular weight is 377 g/mol. The number of aliphatic hydroxyl groups excluding tert-OH is 1. The third-order valence-corrected chi connectivity index (χ3v) is 4.97. The van der Waals surface area contributed by atoms with Crippen molar-refractivity contribution in [3.63, 3.8) is 0 Å². The number of piperidine rings is 1. The van der Waals surface area contributed by atoms with Crippen molar-refractivity contribution in [1.82, 2.24) is 9.47 Å². The van der Waals surface area contributed by atoms with Crippen LogP contribution in [0, 0.1) is 13.8 Å². The number of nitrogens with zero attached hydrogens (tertiary/aromatic N) is 2. The van der Waals surface area contributed by atoms with Gasteiger partial charge in [-0.1, -0.05) is 22.0 Å². The van der Waals surface area contributed by atoms with Crippen LogP contribution in [0.25, 0.3) is 5.69 Å². The normalized spacial score (nSPS) is 15.9. The Morgan fingerprint density at radius 2 is 1.91 bits per heavy atom. The van der Waals surface area contributed by atoms with Crippen molar-refractivity contribution in [2.24, 2.45) is 0 Å². The van der Waals surface area contributed by atoms with Gasteiger partial charge in [-0.15, -0.1) is 0 Å². The fraction of sp³-hybridized carbons (Fsp3) is 0.389. The van der Waals surface area contributed by atoms with Crippen LogP contribution >= 0.6 is 15.9 Å². The van der Waals surface area contributed by atoms with E-state index in [1.807, 2.05) is 49.1 Å². The Kier molecular flexibility index (Phi) is 4.60. The maximum absolute atomic E-state index is 12.8. The summed E-state index contributed by atoms with van der Waals surface area (Å²) in [4.78, 5) is 14.7. The molecule has 0 atom stereocenters. The lowest BCUT2D eigenvalue weighted by molar-refractivity contribution is 0.0546. The quantitative estimate of drug-likeness (QED) is 0.872. The molecule has 2 heterocycles. The van der Waals surface area contributed by atoms with Gasteiger partial charge in [0.2, 0.25) is 0 Å². The number of hydrogen-bond acceptors (Lipinski definition) is 2. The molecule has 0 radical (unpaired) electrons. The minimum Gasteiger partial charge on any atom is -0.393 e. The van der Waals surface area contributed by atoms with Crippen molar-refractivity contribution in [2.75, 3.05) is 13.1 Å². The maximum atomic E-state index is 12.8. The SMILES string of the molecule is Cc1cc(C(=O)N2CCC(O)CC2)c(C)n1-c1cccc(Br)c1. The first-order chi connectivity index (χ1) is 11.0. The first kappa shape index (κ1) is 16.3. The molecule has 4 nitrogen and oxygen atoms in total. The number of rotatable bonds is 2. The summed E-state index contributed by atoms with van der Waals surface area (Å²) in [6.07, 6.45) is 1.06. The summed E-state index contributed by atoms with van der Waals surface area (Å²) in [5, 5.41) is 9.61. The van der Waals surface area contributed by atoms with Crippen molar-refractivity contribution in [3.05, 3.63) is 51.8 Å². The molecule has 0 aliphatic carbocycles. The molecule has 1 aliphatic rings. The molecule has 5 heteroatoms. The van der Waals surface area contributed by atoms with Crippen LogP contribution in [0.15, 0.2) is 34.8 Å². The highest BCUT2D eigenvalue weighted by atomic mass is 79.9. The number of halogens is 1. The highest BCUT2D eigenvalue weighted by Crippen LogP contribution is 2.25. The summed E-state index contributed by atoms with van der Waals surface area (Å²) < 4.78 is 3.12. The van der Waals surface area contributed by atoms with Crippen LogP contribution in [0.3, 0.4) is 0 Å². The van der Waals surface area contributed by atoms with E-state index in [-0.39, 0.29) is 12.0 Å². The molecule has 1 aromatic heterocycles. The third-order valence-electron chi connectivity index (χ3n) is 4.48. The van der Waals surface area contributed by atoms with Crippen molar-refractivity contribution in [3.8, 4) is 5.69 Å². The number of aromatic nitrogens is 1. The lowest BCUT2D eigenvalue weighted by Crippen LogP contribution is -2.40. The Bertz CT molecular complexity index is 731. The summed E-state index contributed by atoms with van der Waals surface area (Å²) in [5.41, 5.74) is 3.79. The van der Waals surface area contributed by atoms with E-state index < -0.39 is 0 Å². The van der Waals surface area contributed by atoms with E-state index in [9.17, 15) is 9.90 Å². The Hall–Kier alpha value is -1.59. The van der Waals surface area contributed by atoms with Crippen LogP contribution in [-0.2, 0) is 0 Å².